The van der Waals surface area contributed by atoms with Gasteiger partial charge in [-0.05, 0) is 43.0 Å². The van der Waals surface area contributed by atoms with Gasteiger partial charge < -0.3 is 20.1 Å². The number of hydrogen-bond donors (Lipinski definition) is 2. The Hall–Kier alpha value is -2.24. The summed E-state index contributed by atoms with van der Waals surface area (Å²) in [6, 6.07) is 14.9. The molecule has 2 aromatic carbocycles. The van der Waals surface area contributed by atoms with Crippen LogP contribution in [-0.4, -0.2) is 42.8 Å². The molecule has 144 valence electrons. The Morgan fingerprint density at radius 2 is 1.96 bits per heavy atom. The number of urea groups is 1. The highest BCUT2D eigenvalue weighted by Gasteiger charge is 2.36. The van der Waals surface area contributed by atoms with Gasteiger partial charge in [0.15, 0.2) is 0 Å². The second-order valence-electron chi connectivity index (χ2n) is 7.08. The molecule has 5 nitrogen and oxygen atoms in total. The lowest BCUT2D eigenvalue weighted by Gasteiger charge is -2.41. The number of hydrogen-bond acceptors (Lipinski definition) is 3. The molecule has 0 spiro atoms. The van der Waals surface area contributed by atoms with Crippen LogP contribution in [0.4, 0.5) is 10.5 Å². The van der Waals surface area contributed by atoms with Crippen molar-refractivity contribution >= 4 is 23.3 Å². The van der Waals surface area contributed by atoms with Crippen LogP contribution < -0.4 is 10.1 Å². The van der Waals surface area contributed by atoms with Gasteiger partial charge in [-0.3, -0.25) is 0 Å². The zero-order valence-electron chi connectivity index (χ0n) is 15.5. The summed E-state index contributed by atoms with van der Waals surface area (Å²) in [5.41, 5.74) is 1.51. The van der Waals surface area contributed by atoms with Crippen LogP contribution in [0.5, 0.6) is 5.75 Å². The van der Waals surface area contributed by atoms with E-state index in [2.05, 4.69) is 5.32 Å². The fourth-order valence-electron chi connectivity index (χ4n) is 3.52. The van der Waals surface area contributed by atoms with Crippen molar-refractivity contribution in [2.45, 2.75) is 19.3 Å². The van der Waals surface area contributed by atoms with E-state index in [1.54, 1.807) is 18.1 Å². The van der Waals surface area contributed by atoms with E-state index in [9.17, 15) is 9.90 Å². The van der Waals surface area contributed by atoms with Crippen LogP contribution in [0.3, 0.4) is 0 Å². The van der Waals surface area contributed by atoms with Gasteiger partial charge in [-0.2, -0.15) is 0 Å². The molecule has 1 fully saturated rings. The standard InChI is InChI=1S/C21H25ClN2O3/c1-27-18-7-4-6-17(13-18)23-20(26)24-11-9-21(15-25,10-12-24)14-16-5-2-3-8-19(16)22/h2-8,13,25H,9-12,14-15H2,1H3,(H,23,26). The summed E-state index contributed by atoms with van der Waals surface area (Å²) in [6.07, 6.45) is 2.19. The first kappa shape index (κ1) is 19.5. The number of piperidine rings is 1. The van der Waals surface area contributed by atoms with Crippen LogP contribution in [-0.2, 0) is 6.42 Å². The molecule has 1 saturated heterocycles. The van der Waals surface area contributed by atoms with Crippen LogP contribution in [0.15, 0.2) is 48.5 Å². The molecule has 27 heavy (non-hydrogen) atoms. The molecular weight excluding hydrogens is 364 g/mol. The number of aliphatic hydroxyl groups is 1. The van der Waals surface area contributed by atoms with Crippen molar-refractivity contribution in [3.05, 3.63) is 59.1 Å². The van der Waals surface area contributed by atoms with Crippen LogP contribution in [0.1, 0.15) is 18.4 Å². The Morgan fingerprint density at radius 3 is 2.63 bits per heavy atom. The van der Waals surface area contributed by atoms with Crippen LogP contribution >= 0.6 is 11.6 Å². The van der Waals surface area contributed by atoms with Crippen LogP contribution in [0.2, 0.25) is 5.02 Å². The SMILES string of the molecule is COc1cccc(NC(=O)N2CCC(CO)(Cc3ccccc3Cl)CC2)c1. The van der Waals surface area contributed by atoms with Crippen LogP contribution in [0.25, 0.3) is 0 Å². The monoisotopic (exact) mass is 388 g/mol. The molecule has 0 aliphatic carbocycles. The smallest absolute Gasteiger partial charge is 0.321 e. The summed E-state index contributed by atoms with van der Waals surface area (Å²) < 4.78 is 5.19. The molecule has 2 N–H and O–H groups in total. The first-order valence-electron chi connectivity index (χ1n) is 9.09. The van der Waals surface area contributed by atoms with Gasteiger partial charge in [-0.1, -0.05) is 35.9 Å². The fourth-order valence-corrected chi connectivity index (χ4v) is 3.73. The Bertz CT molecular complexity index is 789. The summed E-state index contributed by atoms with van der Waals surface area (Å²) in [6.45, 7) is 1.28. The lowest BCUT2D eigenvalue weighted by Crippen LogP contribution is -2.47. The van der Waals surface area contributed by atoms with Crippen molar-refractivity contribution in [2.24, 2.45) is 5.41 Å². The topological polar surface area (TPSA) is 61.8 Å². The lowest BCUT2D eigenvalue weighted by molar-refractivity contribution is 0.0576. The zero-order chi connectivity index (χ0) is 19.3. The van der Waals surface area contributed by atoms with Gasteiger partial charge in [-0.15, -0.1) is 0 Å². The third kappa shape index (κ3) is 4.73. The average molecular weight is 389 g/mol. The van der Waals surface area contributed by atoms with Crippen molar-refractivity contribution in [1.82, 2.24) is 4.90 Å². The molecule has 1 aliphatic rings. The minimum atomic E-state index is -0.238. The molecule has 3 rings (SSSR count). The number of carbonyl (C=O) groups is 1. The number of nitrogens with one attached hydrogen (secondary N) is 1. The number of amides is 2. The zero-order valence-corrected chi connectivity index (χ0v) is 16.2. The summed E-state index contributed by atoms with van der Waals surface area (Å²) in [5, 5.41) is 13.7. The molecule has 1 aliphatic heterocycles. The lowest BCUT2D eigenvalue weighted by atomic mass is 9.74. The van der Waals surface area contributed by atoms with E-state index >= 15 is 0 Å². The highest BCUT2D eigenvalue weighted by molar-refractivity contribution is 6.31. The normalized spacial score (nSPS) is 16.0. The van der Waals surface area contributed by atoms with Gasteiger partial charge in [0.25, 0.3) is 0 Å². The van der Waals surface area contributed by atoms with Crippen molar-refractivity contribution in [2.75, 3.05) is 32.1 Å². The number of anilines is 1. The van der Waals surface area contributed by atoms with E-state index in [0.717, 1.165) is 23.4 Å². The van der Waals surface area contributed by atoms with Gasteiger partial charge in [-0.25, -0.2) is 4.79 Å². The minimum absolute atomic E-state index is 0.0869. The van der Waals surface area contributed by atoms with E-state index in [1.807, 2.05) is 42.5 Å². The summed E-state index contributed by atoms with van der Waals surface area (Å²) in [5.74, 6) is 0.700. The van der Waals surface area contributed by atoms with Crippen molar-refractivity contribution in [3.8, 4) is 5.75 Å². The van der Waals surface area contributed by atoms with Gasteiger partial charge in [0, 0.05) is 41.9 Å². The molecular formula is C21H25ClN2O3. The summed E-state index contributed by atoms with van der Waals surface area (Å²) >= 11 is 6.29. The molecule has 6 heteroatoms. The molecule has 0 atom stereocenters. The largest absolute Gasteiger partial charge is 0.497 e. The second kappa shape index (κ2) is 8.63. The Balaban J connectivity index is 1.61. The van der Waals surface area contributed by atoms with Crippen LogP contribution in [0, 0.1) is 5.41 Å². The van der Waals surface area contributed by atoms with E-state index in [-0.39, 0.29) is 18.1 Å². The number of nitrogens with zero attached hydrogens (tertiary/aromatic N) is 1. The summed E-state index contributed by atoms with van der Waals surface area (Å²) in [4.78, 5) is 14.4. The van der Waals surface area contributed by atoms with Crippen molar-refractivity contribution in [3.63, 3.8) is 0 Å². The number of benzene rings is 2. The Morgan fingerprint density at radius 1 is 1.22 bits per heavy atom. The molecule has 2 aromatic rings. The van der Waals surface area contributed by atoms with Gasteiger partial charge >= 0.3 is 6.03 Å². The molecule has 0 bridgehead atoms. The predicted molar refractivity (Wildman–Crippen MR) is 107 cm³/mol. The van der Waals surface area contributed by atoms with E-state index in [1.165, 1.54) is 0 Å². The average Bonchev–Trinajstić information content (AvgIpc) is 2.70. The van der Waals surface area contributed by atoms with Crippen molar-refractivity contribution in [1.29, 1.82) is 0 Å². The van der Waals surface area contributed by atoms with Gasteiger partial charge in [0.2, 0.25) is 0 Å². The third-order valence-electron chi connectivity index (χ3n) is 5.29. The maximum atomic E-state index is 12.6. The first-order valence-corrected chi connectivity index (χ1v) is 9.47. The predicted octanol–water partition coefficient (Wildman–Crippen LogP) is 4.20. The molecule has 0 radical (unpaired) electrons. The third-order valence-corrected chi connectivity index (χ3v) is 5.66. The highest BCUT2D eigenvalue weighted by atomic mass is 35.5. The van der Waals surface area contributed by atoms with Gasteiger partial charge in [0.05, 0.1) is 7.11 Å². The number of likely N-dealkylation sites (tertiary alicyclic amines) is 1. The summed E-state index contributed by atoms with van der Waals surface area (Å²) in [7, 11) is 1.60. The second-order valence-corrected chi connectivity index (χ2v) is 7.48. The number of aliphatic hydroxyl groups excluding tert-OH is 1. The van der Waals surface area contributed by atoms with E-state index in [4.69, 9.17) is 16.3 Å². The highest BCUT2D eigenvalue weighted by Crippen LogP contribution is 2.36. The molecule has 0 unspecified atom stereocenters. The maximum Gasteiger partial charge on any atom is 0.321 e. The molecule has 0 saturated carbocycles. The number of rotatable bonds is 5. The van der Waals surface area contributed by atoms with Crippen molar-refractivity contribution < 1.29 is 14.6 Å². The Labute approximate surface area is 164 Å². The number of carbonyl (C=O) groups excluding carboxylic acids is 1. The number of halogens is 1. The van der Waals surface area contributed by atoms with Gasteiger partial charge in [0.1, 0.15) is 5.75 Å². The quantitative estimate of drug-likeness (QED) is 0.807. The van der Waals surface area contributed by atoms with E-state index in [0.29, 0.717) is 30.9 Å². The number of methoxy groups -OCH3 is 1. The molecule has 1 heterocycles. The Kier molecular flexibility index (Phi) is 6.24. The first-order chi connectivity index (χ1) is 13.0. The fraction of sp³-hybridized carbons (Fsp3) is 0.381. The van der Waals surface area contributed by atoms with E-state index < -0.39 is 0 Å². The molecule has 2 amide bonds. The number of ether oxygens (including phenoxy) is 1. The molecule has 0 aromatic heterocycles. The minimum Gasteiger partial charge on any atom is -0.497 e. The maximum absolute atomic E-state index is 12.6.